The van der Waals surface area contributed by atoms with Crippen LogP contribution in [-0.4, -0.2) is 66.5 Å². The molecule has 1 aromatic rings. The molecule has 1 fully saturated rings. The summed E-state index contributed by atoms with van der Waals surface area (Å²) in [5, 5.41) is 8.98. The number of hydrogen-bond acceptors (Lipinski definition) is 4. The smallest absolute Gasteiger partial charge is 0.306 e. The van der Waals surface area contributed by atoms with Crippen LogP contribution in [0.25, 0.3) is 0 Å². The van der Waals surface area contributed by atoms with Crippen molar-refractivity contribution in [3.05, 3.63) is 29.8 Å². The Balaban J connectivity index is 1.91. The summed E-state index contributed by atoms with van der Waals surface area (Å²) in [4.78, 5) is 38.6. The molecule has 1 saturated heterocycles. The molecular weight excluding hydrogens is 312 g/mol. The average molecular weight is 334 g/mol. The molecule has 7 heteroatoms. The number of likely N-dealkylation sites (N-methyl/N-ethyl adjacent to an activating group) is 1. The maximum absolute atomic E-state index is 12.4. The van der Waals surface area contributed by atoms with Gasteiger partial charge in [-0.15, -0.1) is 0 Å². The number of rotatable bonds is 5. The lowest BCUT2D eigenvalue weighted by molar-refractivity contribution is -0.145. The molecule has 1 heterocycles. The Morgan fingerprint density at radius 2 is 1.96 bits per heavy atom. The molecule has 0 unspecified atom stereocenters. The number of nitrogens with zero attached hydrogens (tertiary/aromatic N) is 2. The van der Waals surface area contributed by atoms with Crippen molar-refractivity contribution in [1.82, 2.24) is 9.80 Å². The zero-order chi connectivity index (χ0) is 17.7. The predicted octanol–water partition coefficient (Wildman–Crippen LogP) is 1.09. The lowest BCUT2D eigenvalue weighted by Crippen LogP contribution is -2.45. The van der Waals surface area contributed by atoms with E-state index in [1.165, 1.54) is 12.0 Å². The molecule has 1 N–H and O–H groups in total. The summed E-state index contributed by atoms with van der Waals surface area (Å²) in [5.74, 6) is -1.05. The Labute approximate surface area is 140 Å². The third-order valence-corrected chi connectivity index (χ3v) is 4.23. The molecule has 1 aliphatic rings. The van der Waals surface area contributed by atoms with E-state index in [0.717, 1.165) is 0 Å². The summed E-state index contributed by atoms with van der Waals surface area (Å²) in [5.41, 5.74) is 0.453. The van der Waals surface area contributed by atoms with Crippen LogP contribution in [-0.2, 0) is 9.59 Å². The van der Waals surface area contributed by atoms with Gasteiger partial charge in [0, 0.05) is 25.7 Å². The standard InChI is InChI=1S/C17H22N2O5/c1-18(16(21)13-4-3-5-14(10-13)24-2)11-15(20)19-8-6-12(7-9-19)17(22)23/h3-5,10,12H,6-9,11H2,1-2H3,(H,22,23). The van der Waals surface area contributed by atoms with E-state index < -0.39 is 5.97 Å². The van der Waals surface area contributed by atoms with Crippen molar-refractivity contribution in [1.29, 1.82) is 0 Å². The molecule has 0 spiro atoms. The molecule has 0 radical (unpaired) electrons. The molecular formula is C17H22N2O5. The third-order valence-electron chi connectivity index (χ3n) is 4.23. The lowest BCUT2D eigenvalue weighted by atomic mass is 9.97. The van der Waals surface area contributed by atoms with Crippen LogP contribution in [0.5, 0.6) is 5.75 Å². The summed E-state index contributed by atoms with van der Waals surface area (Å²) >= 11 is 0. The number of carboxylic acid groups (broad SMARTS) is 1. The molecule has 0 aliphatic carbocycles. The normalized spacial score (nSPS) is 15.0. The van der Waals surface area contributed by atoms with E-state index in [2.05, 4.69) is 0 Å². The number of methoxy groups -OCH3 is 1. The molecule has 1 aliphatic heterocycles. The van der Waals surface area contributed by atoms with Crippen LogP contribution in [0.2, 0.25) is 0 Å². The van der Waals surface area contributed by atoms with Crippen LogP contribution >= 0.6 is 0 Å². The van der Waals surface area contributed by atoms with Crippen molar-refractivity contribution >= 4 is 17.8 Å². The summed E-state index contributed by atoms with van der Waals surface area (Å²) < 4.78 is 5.10. The zero-order valence-electron chi connectivity index (χ0n) is 13.9. The van der Waals surface area contributed by atoms with Gasteiger partial charge in [0.2, 0.25) is 5.91 Å². The largest absolute Gasteiger partial charge is 0.497 e. The Bertz CT molecular complexity index is 623. The summed E-state index contributed by atoms with van der Waals surface area (Å²) in [7, 11) is 3.10. The van der Waals surface area contributed by atoms with Crippen LogP contribution < -0.4 is 4.74 Å². The summed E-state index contributed by atoms with van der Waals surface area (Å²) in [6.07, 6.45) is 0.906. The van der Waals surface area contributed by atoms with Gasteiger partial charge in [0.15, 0.2) is 0 Å². The van der Waals surface area contributed by atoms with Crippen molar-refractivity contribution in [3.63, 3.8) is 0 Å². The van der Waals surface area contributed by atoms with E-state index in [0.29, 0.717) is 37.2 Å². The molecule has 2 amide bonds. The fourth-order valence-corrected chi connectivity index (χ4v) is 2.73. The van der Waals surface area contributed by atoms with Gasteiger partial charge in [-0.1, -0.05) is 6.07 Å². The monoisotopic (exact) mass is 334 g/mol. The van der Waals surface area contributed by atoms with Gasteiger partial charge < -0.3 is 19.6 Å². The minimum Gasteiger partial charge on any atom is -0.497 e. The molecule has 24 heavy (non-hydrogen) atoms. The summed E-state index contributed by atoms with van der Waals surface area (Å²) in [6.45, 7) is 0.793. The topological polar surface area (TPSA) is 87.2 Å². The van der Waals surface area contributed by atoms with Gasteiger partial charge in [-0.05, 0) is 31.0 Å². The average Bonchev–Trinajstić information content (AvgIpc) is 2.61. The Morgan fingerprint density at radius 1 is 1.29 bits per heavy atom. The number of carbonyl (C=O) groups excluding carboxylic acids is 2. The molecule has 0 aromatic heterocycles. The number of hydrogen-bond donors (Lipinski definition) is 1. The second-order valence-electron chi connectivity index (χ2n) is 5.89. The van der Waals surface area contributed by atoms with Crippen LogP contribution in [0.15, 0.2) is 24.3 Å². The van der Waals surface area contributed by atoms with Crippen molar-refractivity contribution in [2.24, 2.45) is 5.92 Å². The molecule has 0 bridgehead atoms. The van der Waals surface area contributed by atoms with Gasteiger partial charge in [-0.2, -0.15) is 0 Å². The van der Waals surface area contributed by atoms with E-state index in [9.17, 15) is 14.4 Å². The number of amides is 2. The highest BCUT2D eigenvalue weighted by Gasteiger charge is 2.28. The SMILES string of the molecule is COc1cccc(C(=O)N(C)CC(=O)N2CCC(C(=O)O)CC2)c1. The highest BCUT2D eigenvalue weighted by atomic mass is 16.5. The highest BCUT2D eigenvalue weighted by molar-refractivity contribution is 5.96. The molecule has 130 valence electrons. The first kappa shape index (κ1) is 17.8. The highest BCUT2D eigenvalue weighted by Crippen LogP contribution is 2.18. The van der Waals surface area contributed by atoms with E-state index >= 15 is 0 Å². The summed E-state index contributed by atoms with van der Waals surface area (Å²) in [6, 6.07) is 6.76. The molecule has 0 atom stereocenters. The first-order chi connectivity index (χ1) is 11.4. The first-order valence-corrected chi connectivity index (χ1v) is 7.82. The van der Waals surface area contributed by atoms with Gasteiger partial charge in [0.25, 0.3) is 5.91 Å². The number of ether oxygens (including phenoxy) is 1. The molecule has 0 saturated carbocycles. The van der Waals surface area contributed by atoms with Crippen molar-refractivity contribution < 1.29 is 24.2 Å². The van der Waals surface area contributed by atoms with Gasteiger partial charge in [-0.3, -0.25) is 14.4 Å². The second kappa shape index (κ2) is 7.81. The zero-order valence-corrected chi connectivity index (χ0v) is 13.9. The van der Waals surface area contributed by atoms with Gasteiger partial charge in [0.1, 0.15) is 5.75 Å². The second-order valence-corrected chi connectivity index (χ2v) is 5.89. The van der Waals surface area contributed by atoms with Crippen LogP contribution in [0.4, 0.5) is 0 Å². The van der Waals surface area contributed by atoms with Gasteiger partial charge in [0.05, 0.1) is 19.6 Å². The Kier molecular flexibility index (Phi) is 5.78. The number of piperidine rings is 1. The maximum Gasteiger partial charge on any atom is 0.306 e. The van der Waals surface area contributed by atoms with E-state index in [-0.39, 0.29) is 24.3 Å². The number of carbonyl (C=O) groups is 3. The van der Waals surface area contributed by atoms with Crippen molar-refractivity contribution in [2.45, 2.75) is 12.8 Å². The van der Waals surface area contributed by atoms with Crippen LogP contribution in [0.3, 0.4) is 0 Å². The number of aliphatic carboxylic acids is 1. The third kappa shape index (κ3) is 4.24. The Hall–Kier alpha value is -2.57. The fourth-order valence-electron chi connectivity index (χ4n) is 2.73. The van der Waals surface area contributed by atoms with E-state index in [4.69, 9.17) is 9.84 Å². The van der Waals surface area contributed by atoms with E-state index in [1.54, 1.807) is 36.2 Å². The fraction of sp³-hybridized carbons (Fsp3) is 0.471. The lowest BCUT2D eigenvalue weighted by Gasteiger charge is -2.31. The van der Waals surface area contributed by atoms with E-state index in [1.807, 2.05) is 0 Å². The van der Waals surface area contributed by atoms with Crippen molar-refractivity contribution in [3.8, 4) is 5.75 Å². The molecule has 1 aromatic carbocycles. The number of carboxylic acids is 1. The number of likely N-dealkylation sites (tertiary alicyclic amines) is 1. The van der Waals surface area contributed by atoms with Crippen molar-refractivity contribution in [2.75, 3.05) is 33.8 Å². The molecule has 2 rings (SSSR count). The first-order valence-electron chi connectivity index (χ1n) is 7.82. The van der Waals surface area contributed by atoms with Crippen LogP contribution in [0, 0.1) is 5.92 Å². The predicted molar refractivity (Wildman–Crippen MR) is 86.9 cm³/mol. The Morgan fingerprint density at radius 3 is 2.54 bits per heavy atom. The minimum absolute atomic E-state index is 0.0339. The quantitative estimate of drug-likeness (QED) is 0.871. The maximum atomic E-state index is 12.4. The van der Waals surface area contributed by atoms with Gasteiger partial charge in [-0.25, -0.2) is 0 Å². The number of benzene rings is 1. The molecule has 7 nitrogen and oxygen atoms in total. The van der Waals surface area contributed by atoms with Gasteiger partial charge >= 0.3 is 5.97 Å². The minimum atomic E-state index is -0.813. The van der Waals surface area contributed by atoms with Crippen LogP contribution in [0.1, 0.15) is 23.2 Å².